The van der Waals surface area contributed by atoms with E-state index < -0.39 is 5.97 Å². The van der Waals surface area contributed by atoms with Crippen LogP contribution in [0, 0.1) is 0 Å². The molecule has 0 aliphatic heterocycles. The van der Waals surface area contributed by atoms with Crippen molar-refractivity contribution in [3.8, 4) is 0 Å². The number of nitrogens with zero attached hydrogens (tertiary/aromatic N) is 7. The number of methoxy groups -OCH3 is 1. The van der Waals surface area contributed by atoms with Crippen molar-refractivity contribution < 1.29 is 9.53 Å². The zero-order chi connectivity index (χ0) is 14.5. The van der Waals surface area contributed by atoms with Crippen LogP contribution in [-0.4, -0.2) is 57.3 Å². The van der Waals surface area contributed by atoms with Crippen molar-refractivity contribution in [2.45, 2.75) is 16.7 Å². The van der Waals surface area contributed by atoms with Crippen LogP contribution >= 0.6 is 11.8 Å². The molecule has 0 spiro atoms. The lowest BCUT2D eigenvalue weighted by Gasteiger charge is -2.10. The third kappa shape index (κ3) is 3.41. The van der Waals surface area contributed by atoms with E-state index in [0.29, 0.717) is 16.1 Å². The minimum absolute atomic E-state index is 0.0442. The molecule has 0 atom stereocenters. The molecule has 9 nitrogen and oxygen atoms in total. The van der Waals surface area contributed by atoms with Crippen LogP contribution in [0.2, 0.25) is 0 Å². The van der Waals surface area contributed by atoms with Crippen LogP contribution in [0.25, 0.3) is 0 Å². The third-order valence-corrected chi connectivity index (χ3v) is 3.13. The van der Waals surface area contributed by atoms with Crippen molar-refractivity contribution in [2.75, 3.05) is 26.1 Å². The van der Waals surface area contributed by atoms with Gasteiger partial charge in [0.1, 0.15) is 11.6 Å². The molecule has 0 unspecified atom stereocenters. The summed E-state index contributed by atoms with van der Waals surface area (Å²) in [5.74, 6) is 0.165. The van der Waals surface area contributed by atoms with E-state index in [9.17, 15) is 4.79 Å². The Kier molecular flexibility index (Phi) is 4.45. The fraction of sp³-hybridized carbons (Fsp3) is 0.400. The van der Waals surface area contributed by atoms with Gasteiger partial charge >= 0.3 is 5.97 Å². The summed E-state index contributed by atoms with van der Waals surface area (Å²) >= 11 is 1.25. The highest BCUT2D eigenvalue weighted by atomic mass is 32.2. The first-order valence-corrected chi connectivity index (χ1v) is 6.43. The van der Waals surface area contributed by atoms with Gasteiger partial charge in [0, 0.05) is 20.3 Å². The molecule has 0 aromatic carbocycles. The van der Waals surface area contributed by atoms with Gasteiger partial charge in [-0.2, -0.15) is 0 Å². The number of hydrogen-bond donors (Lipinski definition) is 0. The summed E-state index contributed by atoms with van der Waals surface area (Å²) in [6.45, 7) is -0.0442. The van der Waals surface area contributed by atoms with Gasteiger partial charge in [-0.25, -0.2) is 14.6 Å². The first-order valence-electron chi connectivity index (χ1n) is 5.61. The molecule has 2 heterocycles. The topological polar surface area (TPSA) is 98.9 Å². The van der Waals surface area contributed by atoms with Crippen LogP contribution in [0.4, 0.5) is 5.95 Å². The van der Waals surface area contributed by atoms with Gasteiger partial charge in [-0.1, -0.05) is 0 Å². The molecule has 0 saturated heterocycles. The predicted octanol–water partition coefficient (Wildman–Crippen LogP) is -0.147. The average Bonchev–Trinajstić information content (AvgIpc) is 2.86. The zero-order valence-electron chi connectivity index (χ0n) is 11.2. The second-order valence-corrected chi connectivity index (χ2v) is 4.87. The van der Waals surface area contributed by atoms with Crippen LogP contribution in [0.3, 0.4) is 0 Å². The van der Waals surface area contributed by atoms with Crippen molar-refractivity contribution in [3.63, 3.8) is 0 Å². The molecule has 0 bridgehead atoms. The quantitative estimate of drug-likeness (QED) is 0.551. The van der Waals surface area contributed by atoms with Crippen molar-refractivity contribution in [1.29, 1.82) is 0 Å². The summed E-state index contributed by atoms with van der Waals surface area (Å²) < 4.78 is 5.94. The second-order valence-electron chi connectivity index (χ2n) is 3.89. The Hall–Kier alpha value is -2.23. The van der Waals surface area contributed by atoms with Gasteiger partial charge in [-0.05, 0) is 28.3 Å². The van der Waals surface area contributed by atoms with Crippen LogP contribution in [-0.2, 0) is 16.1 Å². The van der Waals surface area contributed by atoms with E-state index in [1.807, 2.05) is 14.1 Å². The first kappa shape index (κ1) is 14.2. The number of aromatic nitrogens is 6. The largest absolute Gasteiger partial charge is 0.468 e. The minimum Gasteiger partial charge on any atom is -0.468 e. The Labute approximate surface area is 119 Å². The molecule has 2 rings (SSSR count). The van der Waals surface area contributed by atoms with Crippen LogP contribution < -0.4 is 4.90 Å². The molecular weight excluding hydrogens is 282 g/mol. The molecule has 0 aliphatic rings. The maximum absolute atomic E-state index is 11.2. The van der Waals surface area contributed by atoms with Crippen molar-refractivity contribution in [2.24, 2.45) is 0 Å². The summed E-state index contributed by atoms with van der Waals surface area (Å²) in [5.41, 5.74) is 0. The number of anilines is 1. The third-order valence-electron chi connectivity index (χ3n) is 2.22. The Balaban J connectivity index is 2.16. The highest BCUT2D eigenvalue weighted by Gasteiger charge is 2.13. The van der Waals surface area contributed by atoms with Crippen LogP contribution in [0.15, 0.2) is 22.4 Å². The van der Waals surface area contributed by atoms with E-state index in [1.54, 1.807) is 17.2 Å². The fourth-order valence-corrected chi connectivity index (χ4v) is 1.98. The lowest BCUT2D eigenvalue weighted by molar-refractivity contribution is -0.141. The molecular formula is C10H13N7O2S. The molecule has 0 N–H and O–H groups in total. The van der Waals surface area contributed by atoms with Gasteiger partial charge in [0.25, 0.3) is 0 Å². The van der Waals surface area contributed by atoms with Gasteiger partial charge in [0.2, 0.25) is 11.1 Å². The maximum Gasteiger partial charge on any atom is 0.327 e. The number of tetrazole rings is 1. The molecule has 0 amide bonds. The fourth-order valence-electron chi connectivity index (χ4n) is 1.25. The smallest absolute Gasteiger partial charge is 0.327 e. The number of ether oxygens (including phenoxy) is 1. The van der Waals surface area contributed by atoms with Gasteiger partial charge in [-0.3, -0.25) is 4.79 Å². The summed E-state index contributed by atoms with van der Waals surface area (Å²) in [4.78, 5) is 21.5. The Morgan fingerprint density at radius 3 is 3.00 bits per heavy atom. The van der Waals surface area contributed by atoms with Crippen LogP contribution in [0.5, 0.6) is 0 Å². The zero-order valence-corrected chi connectivity index (χ0v) is 12.0. The van der Waals surface area contributed by atoms with Gasteiger partial charge in [0.05, 0.1) is 7.11 Å². The highest BCUT2D eigenvalue weighted by molar-refractivity contribution is 7.99. The van der Waals surface area contributed by atoms with E-state index in [1.165, 1.54) is 23.6 Å². The minimum atomic E-state index is -0.421. The second kappa shape index (κ2) is 6.28. The van der Waals surface area contributed by atoms with E-state index in [-0.39, 0.29) is 6.54 Å². The maximum atomic E-state index is 11.2. The number of carbonyl (C=O) groups excluding carboxylic acids is 1. The van der Waals surface area contributed by atoms with Crippen molar-refractivity contribution in [1.82, 2.24) is 30.2 Å². The number of carbonyl (C=O) groups is 1. The van der Waals surface area contributed by atoms with Crippen molar-refractivity contribution >= 4 is 23.7 Å². The molecule has 106 valence electrons. The highest BCUT2D eigenvalue weighted by Crippen LogP contribution is 2.23. The standard InChI is InChI=1S/C10H13N7O2S/c1-16(2)9-11-5-4-7(12-9)20-10-13-14-15-17(10)6-8(18)19-3/h4-5H,6H2,1-3H3. The molecule has 20 heavy (non-hydrogen) atoms. The van der Waals surface area contributed by atoms with E-state index in [4.69, 9.17) is 0 Å². The van der Waals surface area contributed by atoms with Gasteiger partial charge in [0.15, 0.2) is 0 Å². The Morgan fingerprint density at radius 2 is 2.30 bits per heavy atom. The molecule has 0 fully saturated rings. The Bertz CT molecular complexity index is 601. The molecule has 0 saturated carbocycles. The molecule has 0 radical (unpaired) electrons. The summed E-state index contributed by atoms with van der Waals surface area (Å²) in [5, 5.41) is 12.3. The van der Waals surface area contributed by atoms with Crippen molar-refractivity contribution in [3.05, 3.63) is 12.3 Å². The molecule has 2 aromatic heterocycles. The van der Waals surface area contributed by atoms with E-state index >= 15 is 0 Å². The lowest BCUT2D eigenvalue weighted by atomic mass is 10.6. The lowest BCUT2D eigenvalue weighted by Crippen LogP contribution is -2.14. The molecule has 0 aliphatic carbocycles. The van der Waals surface area contributed by atoms with Gasteiger partial charge in [-0.15, -0.1) is 5.10 Å². The number of hydrogen-bond acceptors (Lipinski definition) is 9. The SMILES string of the molecule is COC(=O)Cn1nnnc1Sc1ccnc(N(C)C)n1. The number of rotatable bonds is 5. The first-order chi connectivity index (χ1) is 9.60. The summed E-state index contributed by atoms with van der Waals surface area (Å²) in [6, 6.07) is 1.74. The molecule has 10 heteroatoms. The summed E-state index contributed by atoms with van der Waals surface area (Å²) in [7, 11) is 5.02. The normalized spacial score (nSPS) is 10.3. The van der Waals surface area contributed by atoms with E-state index in [0.717, 1.165) is 0 Å². The summed E-state index contributed by atoms with van der Waals surface area (Å²) in [6.07, 6.45) is 1.65. The Morgan fingerprint density at radius 1 is 1.50 bits per heavy atom. The van der Waals surface area contributed by atoms with E-state index in [2.05, 4.69) is 30.2 Å². The van der Waals surface area contributed by atoms with Gasteiger partial charge < -0.3 is 9.64 Å². The van der Waals surface area contributed by atoms with Crippen LogP contribution in [0.1, 0.15) is 0 Å². The average molecular weight is 295 g/mol. The predicted molar refractivity (Wildman–Crippen MR) is 70.3 cm³/mol. The monoisotopic (exact) mass is 295 g/mol. The molecule has 2 aromatic rings. The number of esters is 1.